The third-order valence-corrected chi connectivity index (χ3v) is 5.09. The predicted molar refractivity (Wildman–Crippen MR) is 91.9 cm³/mol. The van der Waals surface area contributed by atoms with E-state index < -0.39 is 0 Å². The molecule has 1 aromatic carbocycles. The number of piperidine rings is 1. The molecule has 21 heavy (non-hydrogen) atoms. The third-order valence-electron chi connectivity index (χ3n) is 4.85. The Hall–Kier alpha value is -0.570. The van der Waals surface area contributed by atoms with Crippen LogP contribution in [0.4, 0.5) is 0 Å². The Morgan fingerprint density at radius 1 is 1.33 bits per heavy atom. The number of hydrogen-bond donors (Lipinski definition) is 1. The van der Waals surface area contributed by atoms with Crippen LogP contribution in [0.15, 0.2) is 24.3 Å². The van der Waals surface area contributed by atoms with Crippen LogP contribution in [-0.4, -0.2) is 31.1 Å². The van der Waals surface area contributed by atoms with Crippen molar-refractivity contribution in [2.75, 3.05) is 26.2 Å². The summed E-state index contributed by atoms with van der Waals surface area (Å²) in [7, 11) is 0. The van der Waals surface area contributed by atoms with Gasteiger partial charge in [-0.1, -0.05) is 44.5 Å². The molecule has 0 bridgehead atoms. The van der Waals surface area contributed by atoms with Gasteiger partial charge in [0.1, 0.15) is 0 Å². The van der Waals surface area contributed by atoms with Crippen molar-refractivity contribution < 1.29 is 0 Å². The number of rotatable bonds is 6. The van der Waals surface area contributed by atoms with Gasteiger partial charge in [-0.05, 0) is 62.0 Å². The largest absolute Gasteiger partial charge is 0.310 e. The molecule has 0 aliphatic carbocycles. The minimum Gasteiger partial charge on any atom is -0.310 e. The molecular formula is C18H29ClN2. The summed E-state index contributed by atoms with van der Waals surface area (Å²) in [6.07, 6.45) is 2.49. The highest BCUT2D eigenvalue weighted by Gasteiger charge is 2.23. The van der Waals surface area contributed by atoms with Crippen molar-refractivity contribution in [2.45, 2.75) is 39.7 Å². The Morgan fingerprint density at radius 3 is 2.81 bits per heavy atom. The van der Waals surface area contributed by atoms with E-state index >= 15 is 0 Å². The van der Waals surface area contributed by atoms with Crippen LogP contribution < -0.4 is 5.32 Å². The van der Waals surface area contributed by atoms with Gasteiger partial charge in [-0.2, -0.15) is 0 Å². The molecule has 1 aromatic rings. The van der Waals surface area contributed by atoms with E-state index in [1.165, 1.54) is 31.6 Å². The Balaban J connectivity index is 1.91. The first kappa shape index (κ1) is 16.8. The molecule has 1 N–H and O–H groups in total. The summed E-state index contributed by atoms with van der Waals surface area (Å²) in [5, 5.41) is 4.43. The second-order valence-corrected chi connectivity index (χ2v) is 6.93. The molecular weight excluding hydrogens is 280 g/mol. The molecule has 118 valence electrons. The summed E-state index contributed by atoms with van der Waals surface area (Å²) in [4.78, 5) is 2.62. The lowest BCUT2D eigenvalue weighted by Crippen LogP contribution is -2.40. The number of nitrogens with zero attached hydrogens (tertiary/aromatic N) is 1. The van der Waals surface area contributed by atoms with Crippen LogP contribution in [0.3, 0.4) is 0 Å². The molecule has 1 saturated heterocycles. The molecule has 0 radical (unpaired) electrons. The summed E-state index contributed by atoms with van der Waals surface area (Å²) < 4.78 is 0. The molecule has 1 aliphatic heterocycles. The quantitative estimate of drug-likeness (QED) is 0.840. The van der Waals surface area contributed by atoms with E-state index in [1.54, 1.807) is 0 Å². The molecule has 0 amide bonds. The summed E-state index contributed by atoms with van der Waals surface area (Å²) in [5.41, 5.74) is 1.31. The molecule has 0 spiro atoms. The number of likely N-dealkylation sites (tertiary alicyclic amines) is 1. The van der Waals surface area contributed by atoms with Crippen LogP contribution in [0.5, 0.6) is 0 Å². The zero-order valence-corrected chi connectivity index (χ0v) is 14.4. The van der Waals surface area contributed by atoms with Crippen molar-refractivity contribution >= 4 is 11.6 Å². The fraction of sp³-hybridized carbons (Fsp3) is 0.667. The second-order valence-electron chi connectivity index (χ2n) is 6.50. The second kappa shape index (κ2) is 8.17. The van der Waals surface area contributed by atoms with Crippen LogP contribution in [0.1, 0.15) is 45.2 Å². The minimum atomic E-state index is 0.406. The number of halogens is 1. The van der Waals surface area contributed by atoms with Gasteiger partial charge in [0.2, 0.25) is 0 Å². The van der Waals surface area contributed by atoms with Gasteiger partial charge < -0.3 is 10.2 Å². The number of hydrogen-bond acceptors (Lipinski definition) is 2. The van der Waals surface area contributed by atoms with E-state index in [9.17, 15) is 0 Å². The van der Waals surface area contributed by atoms with Gasteiger partial charge in [0, 0.05) is 17.6 Å². The van der Waals surface area contributed by atoms with Gasteiger partial charge in [-0.25, -0.2) is 0 Å². The van der Waals surface area contributed by atoms with Crippen molar-refractivity contribution in [3.8, 4) is 0 Å². The molecule has 2 nitrogen and oxygen atoms in total. The van der Waals surface area contributed by atoms with Gasteiger partial charge in [0.15, 0.2) is 0 Å². The van der Waals surface area contributed by atoms with Crippen molar-refractivity contribution in [1.29, 1.82) is 0 Å². The van der Waals surface area contributed by atoms with Crippen molar-refractivity contribution in [2.24, 2.45) is 11.8 Å². The maximum Gasteiger partial charge on any atom is 0.0409 e. The number of benzene rings is 1. The number of nitrogens with one attached hydrogen (secondary N) is 1. The summed E-state index contributed by atoms with van der Waals surface area (Å²) in [6.45, 7) is 11.6. The highest BCUT2D eigenvalue weighted by atomic mass is 35.5. The van der Waals surface area contributed by atoms with E-state index in [4.69, 9.17) is 11.6 Å². The van der Waals surface area contributed by atoms with Crippen molar-refractivity contribution in [1.82, 2.24) is 10.2 Å². The van der Waals surface area contributed by atoms with Crippen LogP contribution in [0, 0.1) is 11.8 Å². The SMILES string of the molecule is CCNC(CCN1CCC(C)C(C)C1)c1cccc(Cl)c1. The smallest absolute Gasteiger partial charge is 0.0409 e. The highest BCUT2D eigenvalue weighted by Crippen LogP contribution is 2.25. The van der Waals surface area contributed by atoms with Crippen molar-refractivity contribution in [3.63, 3.8) is 0 Å². The van der Waals surface area contributed by atoms with Gasteiger partial charge in [-0.15, -0.1) is 0 Å². The lowest BCUT2D eigenvalue weighted by atomic mass is 9.88. The average molecular weight is 309 g/mol. The standard InChI is InChI=1S/C18H29ClN2/c1-4-20-18(16-6-5-7-17(19)12-16)9-11-21-10-8-14(2)15(3)13-21/h5-7,12,14-15,18,20H,4,8-11,13H2,1-3H3. The van der Waals surface area contributed by atoms with Crippen LogP contribution in [0.2, 0.25) is 5.02 Å². The molecule has 2 rings (SSSR count). The topological polar surface area (TPSA) is 15.3 Å². The van der Waals surface area contributed by atoms with Gasteiger partial charge in [-0.3, -0.25) is 0 Å². The van der Waals surface area contributed by atoms with E-state index in [-0.39, 0.29) is 0 Å². The maximum atomic E-state index is 6.13. The molecule has 1 heterocycles. The van der Waals surface area contributed by atoms with E-state index in [0.29, 0.717) is 6.04 Å². The Morgan fingerprint density at radius 2 is 2.14 bits per heavy atom. The van der Waals surface area contributed by atoms with E-state index in [2.05, 4.69) is 43.1 Å². The van der Waals surface area contributed by atoms with Gasteiger partial charge >= 0.3 is 0 Å². The average Bonchev–Trinajstić information content (AvgIpc) is 2.47. The first-order valence-electron chi connectivity index (χ1n) is 8.31. The van der Waals surface area contributed by atoms with Crippen LogP contribution in [-0.2, 0) is 0 Å². The molecule has 3 heteroatoms. The monoisotopic (exact) mass is 308 g/mol. The molecule has 3 unspecified atom stereocenters. The van der Waals surface area contributed by atoms with Gasteiger partial charge in [0.25, 0.3) is 0 Å². The van der Waals surface area contributed by atoms with Crippen LogP contribution in [0.25, 0.3) is 0 Å². The van der Waals surface area contributed by atoms with Crippen molar-refractivity contribution in [3.05, 3.63) is 34.9 Å². The van der Waals surface area contributed by atoms with E-state index in [0.717, 1.165) is 29.8 Å². The normalized spacial score (nSPS) is 25.0. The zero-order valence-electron chi connectivity index (χ0n) is 13.6. The fourth-order valence-electron chi connectivity index (χ4n) is 3.22. The minimum absolute atomic E-state index is 0.406. The summed E-state index contributed by atoms with van der Waals surface area (Å²) >= 11 is 6.13. The van der Waals surface area contributed by atoms with Crippen LogP contribution >= 0.6 is 11.6 Å². The molecule has 1 aliphatic rings. The molecule has 0 saturated carbocycles. The first-order chi connectivity index (χ1) is 10.1. The molecule has 0 aromatic heterocycles. The Bertz CT molecular complexity index is 435. The molecule has 3 atom stereocenters. The lowest BCUT2D eigenvalue weighted by molar-refractivity contribution is 0.133. The first-order valence-corrected chi connectivity index (χ1v) is 8.69. The van der Waals surface area contributed by atoms with Gasteiger partial charge in [0.05, 0.1) is 0 Å². The highest BCUT2D eigenvalue weighted by molar-refractivity contribution is 6.30. The summed E-state index contributed by atoms with van der Waals surface area (Å²) in [6, 6.07) is 8.67. The predicted octanol–water partition coefficient (Wildman–Crippen LogP) is 4.36. The van der Waals surface area contributed by atoms with E-state index in [1.807, 2.05) is 12.1 Å². The zero-order chi connectivity index (χ0) is 15.2. The fourth-order valence-corrected chi connectivity index (χ4v) is 3.42. The molecule has 1 fully saturated rings. The summed E-state index contributed by atoms with van der Waals surface area (Å²) in [5.74, 6) is 1.70. The maximum absolute atomic E-state index is 6.13. The third kappa shape index (κ3) is 4.98. The Labute approximate surface area is 134 Å². The lowest BCUT2D eigenvalue weighted by Gasteiger charge is -2.36. The Kier molecular flexibility index (Phi) is 6.53.